The lowest BCUT2D eigenvalue weighted by atomic mass is 9.59. The van der Waals surface area contributed by atoms with E-state index >= 15 is 0 Å². The van der Waals surface area contributed by atoms with E-state index in [1.54, 1.807) is 0 Å². The second kappa shape index (κ2) is 14.1. The summed E-state index contributed by atoms with van der Waals surface area (Å²) in [5.41, 5.74) is 4.42. The molecule has 2 unspecified atom stereocenters. The van der Waals surface area contributed by atoms with Gasteiger partial charge in [-0.1, -0.05) is 38.4 Å². The molecule has 3 aromatic rings. The third-order valence-electron chi connectivity index (χ3n) is 12.2. The lowest BCUT2D eigenvalue weighted by Gasteiger charge is -2.47. The molecule has 0 amide bonds. The molecule has 1 spiro atoms. The van der Waals surface area contributed by atoms with E-state index in [1.165, 1.54) is 35.2 Å². The number of halogens is 1. The zero-order valence-electron chi connectivity index (χ0n) is 30.9. The number of hydrogen-bond acceptors (Lipinski definition) is 7. The van der Waals surface area contributed by atoms with Gasteiger partial charge in [0.05, 0.1) is 19.8 Å². The number of hydrogen-bond donors (Lipinski definition) is 2. The lowest BCUT2D eigenvalue weighted by molar-refractivity contribution is -0.144. The molecule has 0 saturated heterocycles. The van der Waals surface area contributed by atoms with Crippen LogP contribution in [0.4, 0.5) is 5.69 Å². The monoisotopic (exact) mass is 715 g/mol. The number of ether oxygens (including phenoxy) is 3. The first kappa shape index (κ1) is 35.9. The van der Waals surface area contributed by atoms with E-state index in [-0.39, 0.29) is 10.8 Å². The quantitative estimate of drug-likeness (QED) is 0.216. The third-order valence-corrected chi connectivity index (χ3v) is 12.4. The average Bonchev–Trinajstić information content (AvgIpc) is 3.26. The molecule has 2 heterocycles. The highest BCUT2D eigenvalue weighted by Gasteiger charge is 2.54. The molecule has 2 N–H and O–H groups in total. The highest BCUT2D eigenvalue weighted by Crippen LogP contribution is 2.58. The van der Waals surface area contributed by atoms with Gasteiger partial charge in [0.15, 0.2) is 11.5 Å². The molecule has 7 rings (SSSR count). The van der Waals surface area contributed by atoms with Gasteiger partial charge in [-0.05, 0) is 143 Å². The second-order valence-electron chi connectivity index (χ2n) is 16.8. The number of fused-ring (bicyclic) bond motifs is 4. The van der Waals surface area contributed by atoms with Crippen molar-refractivity contribution in [2.45, 2.75) is 95.4 Å². The molecule has 51 heavy (non-hydrogen) atoms. The van der Waals surface area contributed by atoms with Crippen LogP contribution in [0.25, 0.3) is 0 Å². The predicted octanol–water partition coefficient (Wildman–Crippen LogP) is 8.54. The summed E-state index contributed by atoms with van der Waals surface area (Å²) in [4.78, 5) is 19.9. The zero-order chi connectivity index (χ0) is 36.0. The minimum Gasteiger partial charge on any atom is -0.493 e. The van der Waals surface area contributed by atoms with E-state index in [4.69, 9.17) is 25.8 Å². The summed E-state index contributed by atoms with van der Waals surface area (Å²) in [5.74, 6) is 2.88. The van der Waals surface area contributed by atoms with Crippen molar-refractivity contribution < 1.29 is 24.1 Å². The predicted molar refractivity (Wildman–Crippen MR) is 202 cm³/mol. The van der Waals surface area contributed by atoms with Crippen LogP contribution in [-0.2, 0) is 23.1 Å². The molecular weight excluding hydrogens is 662 g/mol. The summed E-state index contributed by atoms with van der Waals surface area (Å²) in [5, 5.41) is 14.7. The largest absolute Gasteiger partial charge is 0.493 e. The number of benzene rings is 2. The Balaban J connectivity index is 1.16. The zero-order valence-corrected chi connectivity index (χ0v) is 31.7. The summed E-state index contributed by atoms with van der Waals surface area (Å²) >= 11 is 6.30. The number of aryl methyl sites for hydroxylation is 1. The maximum atomic E-state index is 13.0. The van der Waals surface area contributed by atoms with Crippen LogP contribution in [0.3, 0.4) is 0 Å². The van der Waals surface area contributed by atoms with Crippen molar-refractivity contribution in [3.63, 3.8) is 0 Å². The molecule has 4 atom stereocenters. The van der Waals surface area contributed by atoms with Crippen molar-refractivity contribution in [1.29, 1.82) is 0 Å². The Hall–Kier alpha value is -3.49. The van der Waals surface area contributed by atoms with Crippen molar-refractivity contribution in [1.82, 2.24) is 9.88 Å². The number of rotatable bonds is 10. The van der Waals surface area contributed by atoms with Gasteiger partial charge in [0.25, 0.3) is 0 Å². The van der Waals surface area contributed by atoms with Crippen LogP contribution in [-0.4, -0.2) is 67.0 Å². The van der Waals surface area contributed by atoms with Gasteiger partial charge in [-0.25, -0.2) is 4.79 Å². The first-order valence-corrected chi connectivity index (χ1v) is 19.2. The van der Waals surface area contributed by atoms with E-state index in [2.05, 4.69) is 62.2 Å². The Kier molecular flexibility index (Phi) is 9.96. The van der Waals surface area contributed by atoms with Crippen molar-refractivity contribution in [3.05, 3.63) is 76.1 Å². The lowest BCUT2D eigenvalue weighted by Crippen LogP contribution is -2.53. The summed E-state index contributed by atoms with van der Waals surface area (Å²) in [6.45, 7) is 9.47. The van der Waals surface area contributed by atoms with Crippen LogP contribution in [0.1, 0.15) is 94.0 Å². The van der Waals surface area contributed by atoms with Gasteiger partial charge in [0.1, 0.15) is 11.3 Å². The maximum Gasteiger partial charge on any atom is 0.329 e. The number of nitrogens with zero attached hydrogens (tertiary/aromatic N) is 2. The van der Waals surface area contributed by atoms with Gasteiger partial charge in [-0.2, -0.15) is 0 Å². The first-order valence-electron chi connectivity index (χ1n) is 18.8. The van der Waals surface area contributed by atoms with Crippen LogP contribution >= 0.6 is 11.6 Å². The normalized spacial score (nSPS) is 28.8. The molecule has 1 aromatic heterocycles. The molecule has 1 aliphatic heterocycles. The molecule has 1 fully saturated rings. The van der Waals surface area contributed by atoms with Gasteiger partial charge in [-0.15, -0.1) is 0 Å². The van der Waals surface area contributed by atoms with Gasteiger partial charge in [0, 0.05) is 40.1 Å². The van der Waals surface area contributed by atoms with Gasteiger partial charge >= 0.3 is 5.97 Å². The summed E-state index contributed by atoms with van der Waals surface area (Å²) in [6, 6.07) is 13.9. The Bertz CT molecular complexity index is 1750. The molecule has 4 aliphatic rings. The van der Waals surface area contributed by atoms with Gasteiger partial charge in [-0.3, -0.25) is 4.98 Å². The fraction of sp³-hybridized carbons (Fsp3) is 0.571. The van der Waals surface area contributed by atoms with Crippen LogP contribution in [0, 0.1) is 17.3 Å². The number of carboxylic acids is 1. The molecule has 3 aliphatic carbocycles. The van der Waals surface area contributed by atoms with Crippen molar-refractivity contribution in [2.24, 2.45) is 17.3 Å². The van der Waals surface area contributed by atoms with E-state index in [1.807, 2.05) is 36.5 Å². The minimum absolute atomic E-state index is 0.133. The molecule has 9 heteroatoms. The van der Waals surface area contributed by atoms with Crippen LogP contribution in [0.2, 0.25) is 5.02 Å². The van der Waals surface area contributed by atoms with Crippen LogP contribution < -0.4 is 19.5 Å². The third kappa shape index (κ3) is 7.15. The summed E-state index contributed by atoms with van der Waals surface area (Å²) < 4.78 is 19.6. The number of pyridine rings is 1. The fourth-order valence-corrected chi connectivity index (χ4v) is 9.93. The molecule has 0 bridgehead atoms. The van der Waals surface area contributed by atoms with E-state index in [0.717, 1.165) is 61.6 Å². The standard InChI is InChI=1S/C42H54ClN3O5/c1-27(23-49-35-12-17-44-34-11-6-8-28(2)38(34)35)18-30-19-29-20-36-37(51-26-40(3,25-50-36)24-46(4)5)22-33(29)41(30)13-15-42(16-14-41,39(47)48)45-32-10-7-9-31(43)21-32/h7,9-10,12,17,20-22,27-28,30,45H,6,8,11,13-16,18-19,23-26H2,1-5H3,(H,47,48)/t27-,28-,30?,40?,41?,42?/m1/s1. The average molecular weight is 716 g/mol. The molecular formula is C42H54ClN3O5. The number of nitrogens with one attached hydrogen (secondary N) is 1. The topological polar surface area (TPSA) is 93.2 Å². The van der Waals surface area contributed by atoms with E-state index < -0.39 is 11.5 Å². The van der Waals surface area contributed by atoms with Crippen molar-refractivity contribution in [2.75, 3.05) is 45.8 Å². The maximum absolute atomic E-state index is 13.0. The molecule has 0 radical (unpaired) electrons. The number of anilines is 1. The fourth-order valence-electron chi connectivity index (χ4n) is 9.74. The second-order valence-corrected chi connectivity index (χ2v) is 17.2. The number of aliphatic carboxylic acids is 1. The van der Waals surface area contributed by atoms with Crippen LogP contribution in [0.15, 0.2) is 48.7 Å². The van der Waals surface area contributed by atoms with Crippen molar-refractivity contribution in [3.8, 4) is 17.2 Å². The Morgan fingerprint density at radius 3 is 2.57 bits per heavy atom. The van der Waals surface area contributed by atoms with Gasteiger partial charge in [0.2, 0.25) is 0 Å². The van der Waals surface area contributed by atoms with Crippen LogP contribution in [0.5, 0.6) is 17.2 Å². The Morgan fingerprint density at radius 1 is 1.12 bits per heavy atom. The summed E-state index contributed by atoms with van der Waals surface area (Å²) in [6.07, 6.45) is 9.69. The number of aromatic nitrogens is 1. The van der Waals surface area contributed by atoms with Crippen molar-refractivity contribution >= 4 is 23.3 Å². The van der Waals surface area contributed by atoms with Gasteiger partial charge < -0.3 is 29.5 Å². The van der Waals surface area contributed by atoms with E-state index in [9.17, 15) is 9.90 Å². The smallest absolute Gasteiger partial charge is 0.329 e. The highest BCUT2D eigenvalue weighted by molar-refractivity contribution is 6.30. The Morgan fingerprint density at radius 2 is 1.86 bits per heavy atom. The molecule has 8 nitrogen and oxygen atoms in total. The Labute approximate surface area is 308 Å². The number of carbonyl (C=O) groups is 1. The molecule has 2 aromatic carbocycles. The van der Waals surface area contributed by atoms with E-state index in [0.29, 0.717) is 55.4 Å². The molecule has 1 saturated carbocycles. The highest BCUT2D eigenvalue weighted by atomic mass is 35.5. The SMILES string of the molecule is C[C@@H](COc1ccnc2c1[C@H](C)CCC2)CC1Cc2cc3c(cc2C12CCC(Nc1cccc(Cl)c1)(C(=O)O)CC2)OCC(C)(CN(C)C)CO3. The molecule has 274 valence electrons. The minimum atomic E-state index is -1.08. The first-order chi connectivity index (χ1) is 24.4. The summed E-state index contributed by atoms with van der Waals surface area (Å²) in [7, 11) is 4.17. The number of carboxylic acid groups (broad SMARTS) is 1.